The van der Waals surface area contributed by atoms with E-state index in [0.29, 0.717) is 28.5 Å². The van der Waals surface area contributed by atoms with Gasteiger partial charge in [-0.25, -0.2) is 0 Å². The van der Waals surface area contributed by atoms with E-state index < -0.39 is 37.1 Å². The van der Waals surface area contributed by atoms with Crippen molar-refractivity contribution in [1.82, 2.24) is 0 Å². The van der Waals surface area contributed by atoms with E-state index in [2.05, 4.69) is 0 Å². The Morgan fingerprint density at radius 1 is 0.929 bits per heavy atom. The Balaban J connectivity index is 1.60. The molecular formula is C20H21ClO7. The van der Waals surface area contributed by atoms with Gasteiger partial charge in [-0.3, -0.25) is 0 Å². The van der Waals surface area contributed by atoms with Crippen LogP contribution in [0.15, 0.2) is 36.4 Å². The van der Waals surface area contributed by atoms with Gasteiger partial charge in [-0.1, -0.05) is 29.8 Å². The number of fused-ring (bicyclic) bond motifs is 1. The molecule has 0 saturated carbocycles. The maximum Gasteiger partial charge on any atom is 0.231 e. The molecule has 28 heavy (non-hydrogen) atoms. The van der Waals surface area contributed by atoms with E-state index in [1.807, 2.05) is 18.2 Å². The van der Waals surface area contributed by atoms with Crippen molar-refractivity contribution in [2.75, 3.05) is 13.4 Å². The highest BCUT2D eigenvalue weighted by molar-refractivity contribution is 6.31. The topological polar surface area (TPSA) is 109 Å². The molecule has 2 aliphatic rings. The predicted octanol–water partition coefficient (Wildman–Crippen LogP) is 1.17. The lowest BCUT2D eigenvalue weighted by atomic mass is 9.90. The lowest BCUT2D eigenvalue weighted by Crippen LogP contribution is -2.55. The lowest BCUT2D eigenvalue weighted by Gasteiger charge is -2.40. The summed E-state index contributed by atoms with van der Waals surface area (Å²) in [6.07, 6.45) is -5.50. The predicted molar refractivity (Wildman–Crippen MR) is 99.5 cm³/mol. The summed E-state index contributed by atoms with van der Waals surface area (Å²) in [4.78, 5) is 0. The second-order valence-electron chi connectivity index (χ2n) is 6.96. The number of aliphatic hydroxyl groups is 4. The summed E-state index contributed by atoms with van der Waals surface area (Å²) < 4.78 is 16.4. The maximum atomic E-state index is 10.4. The molecule has 0 bridgehead atoms. The summed E-state index contributed by atoms with van der Waals surface area (Å²) in [7, 11) is 0. The monoisotopic (exact) mass is 408 g/mol. The summed E-state index contributed by atoms with van der Waals surface area (Å²) >= 11 is 6.36. The Hall–Kier alpha value is -1.87. The average Bonchev–Trinajstić information content (AvgIpc) is 3.16. The zero-order valence-corrected chi connectivity index (χ0v) is 15.6. The molecule has 1 saturated heterocycles. The van der Waals surface area contributed by atoms with Crippen LogP contribution in [0.5, 0.6) is 11.5 Å². The molecule has 5 atom stereocenters. The summed E-state index contributed by atoms with van der Waals surface area (Å²) in [5.41, 5.74) is 2.36. The normalized spacial score (nSPS) is 29.1. The van der Waals surface area contributed by atoms with E-state index >= 15 is 0 Å². The molecule has 0 unspecified atom stereocenters. The lowest BCUT2D eigenvalue weighted by molar-refractivity contribution is -0.231. The van der Waals surface area contributed by atoms with Crippen LogP contribution in [0.25, 0.3) is 0 Å². The number of benzene rings is 2. The van der Waals surface area contributed by atoms with Gasteiger partial charge in [0, 0.05) is 5.02 Å². The molecule has 0 radical (unpaired) electrons. The minimum atomic E-state index is -1.43. The standard InChI is InChI=1S/C20H21ClO7/c21-13-3-2-11(20-19(25)18(24)17(23)16(8-22)28-20)7-12(13)5-10-1-4-14-15(6-10)27-9-26-14/h1-4,6-7,16-20,22-25H,5,8-9H2/t16-,17-,18+,19-,20+/m1/s1. The Kier molecular flexibility index (Phi) is 5.46. The minimum Gasteiger partial charge on any atom is -0.454 e. The van der Waals surface area contributed by atoms with Crippen LogP contribution in [-0.4, -0.2) is 58.2 Å². The summed E-state index contributed by atoms with van der Waals surface area (Å²) in [6, 6.07) is 10.8. The molecule has 2 aliphatic heterocycles. The molecule has 0 aliphatic carbocycles. The highest BCUT2D eigenvalue weighted by atomic mass is 35.5. The third-order valence-electron chi connectivity index (χ3n) is 5.12. The van der Waals surface area contributed by atoms with E-state index in [1.165, 1.54) is 0 Å². The van der Waals surface area contributed by atoms with Crippen LogP contribution in [-0.2, 0) is 11.2 Å². The highest BCUT2D eigenvalue weighted by Gasteiger charge is 2.44. The van der Waals surface area contributed by atoms with Crippen molar-refractivity contribution in [3.8, 4) is 11.5 Å². The molecular weight excluding hydrogens is 388 g/mol. The van der Waals surface area contributed by atoms with Gasteiger partial charge >= 0.3 is 0 Å². The van der Waals surface area contributed by atoms with Crippen molar-refractivity contribution in [2.45, 2.75) is 36.9 Å². The van der Waals surface area contributed by atoms with Crippen molar-refractivity contribution < 1.29 is 34.6 Å². The molecule has 0 amide bonds. The Labute approximate surface area is 166 Å². The van der Waals surface area contributed by atoms with Crippen LogP contribution in [0.3, 0.4) is 0 Å². The largest absolute Gasteiger partial charge is 0.454 e. The smallest absolute Gasteiger partial charge is 0.231 e. The number of aliphatic hydroxyl groups excluding tert-OH is 4. The Bertz CT molecular complexity index is 856. The van der Waals surface area contributed by atoms with Gasteiger partial charge in [0.25, 0.3) is 0 Å². The van der Waals surface area contributed by atoms with Gasteiger partial charge in [0.05, 0.1) is 6.61 Å². The molecule has 0 spiro atoms. The molecule has 2 aromatic rings. The van der Waals surface area contributed by atoms with Gasteiger partial charge in [0.15, 0.2) is 11.5 Å². The first kappa shape index (κ1) is 19.4. The quantitative estimate of drug-likeness (QED) is 0.601. The van der Waals surface area contributed by atoms with Crippen LogP contribution in [0.1, 0.15) is 22.8 Å². The molecule has 150 valence electrons. The Morgan fingerprint density at radius 3 is 2.50 bits per heavy atom. The van der Waals surface area contributed by atoms with Gasteiger partial charge in [-0.05, 0) is 41.3 Å². The first-order valence-electron chi connectivity index (χ1n) is 8.95. The minimum absolute atomic E-state index is 0.201. The number of rotatable bonds is 4. The second kappa shape index (κ2) is 7.87. The van der Waals surface area contributed by atoms with Gasteiger partial charge in [-0.15, -0.1) is 0 Å². The molecule has 2 aromatic carbocycles. The van der Waals surface area contributed by atoms with Crippen LogP contribution < -0.4 is 9.47 Å². The summed E-state index contributed by atoms with van der Waals surface area (Å²) in [5.74, 6) is 1.38. The summed E-state index contributed by atoms with van der Waals surface area (Å²) in [6.45, 7) is -0.273. The van der Waals surface area contributed by atoms with Crippen LogP contribution >= 0.6 is 11.6 Å². The number of hydrogen-bond acceptors (Lipinski definition) is 7. The van der Waals surface area contributed by atoms with Crippen molar-refractivity contribution in [2.24, 2.45) is 0 Å². The van der Waals surface area contributed by atoms with Crippen LogP contribution in [0.4, 0.5) is 0 Å². The first-order chi connectivity index (χ1) is 13.5. The van der Waals surface area contributed by atoms with Crippen molar-refractivity contribution in [3.63, 3.8) is 0 Å². The molecule has 4 rings (SSSR count). The summed E-state index contributed by atoms with van der Waals surface area (Å²) in [5, 5.41) is 40.3. The van der Waals surface area contributed by atoms with Gasteiger partial charge in [0.2, 0.25) is 6.79 Å². The van der Waals surface area contributed by atoms with Crippen molar-refractivity contribution >= 4 is 11.6 Å². The SMILES string of the molecule is OC[C@H]1O[C@@H](c2ccc(Cl)c(Cc3ccc4c(c3)OCO4)c2)[C@H](O)[C@@H](O)[C@@H]1O. The fraction of sp³-hybridized carbons (Fsp3) is 0.400. The third-order valence-corrected chi connectivity index (χ3v) is 5.49. The fourth-order valence-electron chi connectivity index (χ4n) is 3.56. The second-order valence-corrected chi connectivity index (χ2v) is 7.37. The van der Waals surface area contributed by atoms with Crippen molar-refractivity contribution in [3.05, 3.63) is 58.1 Å². The van der Waals surface area contributed by atoms with Crippen LogP contribution in [0, 0.1) is 0 Å². The molecule has 1 fully saturated rings. The first-order valence-corrected chi connectivity index (χ1v) is 9.33. The fourth-order valence-corrected chi connectivity index (χ4v) is 3.74. The van der Waals surface area contributed by atoms with E-state index in [9.17, 15) is 20.4 Å². The zero-order chi connectivity index (χ0) is 19.8. The third kappa shape index (κ3) is 3.57. The zero-order valence-electron chi connectivity index (χ0n) is 14.9. The molecule has 8 heteroatoms. The van der Waals surface area contributed by atoms with E-state index in [0.717, 1.165) is 11.1 Å². The van der Waals surface area contributed by atoms with E-state index in [-0.39, 0.29) is 6.79 Å². The number of halogens is 1. The van der Waals surface area contributed by atoms with Gasteiger partial charge in [0.1, 0.15) is 30.5 Å². The average molecular weight is 409 g/mol. The highest BCUT2D eigenvalue weighted by Crippen LogP contribution is 2.36. The number of hydrogen-bond donors (Lipinski definition) is 4. The van der Waals surface area contributed by atoms with E-state index in [4.69, 9.17) is 25.8 Å². The number of ether oxygens (including phenoxy) is 3. The van der Waals surface area contributed by atoms with Crippen LogP contribution in [0.2, 0.25) is 5.02 Å². The van der Waals surface area contributed by atoms with Gasteiger partial charge < -0.3 is 34.6 Å². The molecule has 4 N–H and O–H groups in total. The molecule has 7 nitrogen and oxygen atoms in total. The van der Waals surface area contributed by atoms with Gasteiger partial charge in [-0.2, -0.15) is 0 Å². The van der Waals surface area contributed by atoms with Crippen molar-refractivity contribution in [1.29, 1.82) is 0 Å². The maximum absolute atomic E-state index is 10.4. The Morgan fingerprint density at radius 2 is 1.71 bits per heavy atom. The van der Waals surface area contributed by atoms with E-state index in [1.54, 1.807) is 18.2 Å². The molecule has 0 aromatic heterocycles. The molecule has 2 heterocycles.